The largest absolute Gasteiger partial charge is 0.463 e. The maximum atomic E-state index is 15.0. The first kappa shape index (κ1) is 112. The highest BCUT2D eigenvalue weighted by Gasteiger charge is 2.55. The van der Waals surface area contributed by atoms with E-state index in [1.54, 1.807) is 24.3 Å². The number of rotatable bonds is 55. The lowest BCUT2D eigenvalue weighted by molar-refractivity contribution is -0.279. The van der Waals surface area contributed by atoms with E-state index in [2.05, 4.69) is 75.7 Å². The van der Waals surface area contributed by atoms with Crippen molar-refractivity contribution in [2.75, 3.05) is 119 Å². The monoisotopic (exact) mass is 1880 g/mol. The maximum absolute atomic E-state index is 15.0. The van der Waals surface area contributed by atoms with E-state index >= 15 is 4.79 Å². The molecule has 7 N–H and O–H groups in total. The van der Waals surface area contributed by atoms with Gasteiger partial charge in [-0.25, -0.2) is 4.67 Å². The predicted molar refractivity (Wildman–Crippen MR) is 451 cm³/mol. The molecule has 3 saturated heterocycles. The van der Waals surface area contributed by atoms with Crippen LogP contribution in [-0.4, -0.2) is 339 Å². The Morgan fingerprint density at radius 1 is 0.427 bits per heavy atom. The lowest BCUT2D eigenvalue weighted by atomic mass is 9.87. The van der Waals surface area contributed by atoms with Crippen LogP contribution in [-0.2, 0) is 184 Å². The van der Waals surface area contributed by atoms with Crippen LogP contribution >= 0.6 is 8.53 Å². The Labute approximate surface area is 761 Å². The van der Waals surface area contributed by atoms with Crippen molar-refractivity contribution in [2.24, 2.45) is 5.92 Å². The van der Waals surface area contributed by atoms with E-state index in [9.17, 15) is 77.2 Å². The fourth-order valence-corrected chi connectivity index (χ4v) is 16.3. The number of hydrogen-bond acceptors (Lipinski definition) is 39. The standard InChI is InChI=1S/C84H129N10O36P/c1-47(2)94(48(3)4)131(120-30-17-26-85)130-64-24-22-63(23-25-64)80(109)89-41-62-20-18-61(19-21-62)40-65(81(110)88-29-33-113-36-39-116-84-73(92-51(7)97)79(126-60(16)106)76(123-57(13)103)68(129-84)46-119-54(10)100)93(42-69(107)86-27-31-111-34-37-114-82-71(90-49(5)95)77(124-58(14)104)74(121-55(11)101)66(127-82)44-117-52(8)98)43-70(108)87-28-32-112-35-38-115-83-72(91-50(6)96)78(125-59(15)105)75(122-56(12)102)67(128-83)45-118-53(9)99/h18-21,47-48,63-68,71-79,82-84H,17,22-25,27-46H2,1-16H3,(H,86,107)(H,87,108)(H,88,110)(H,89,109)(H,90,95)(H,91,96)(H,92,97)/t63-,64-,65?,66?,67?,68?,71?,72?,73?,74?,75?,76?,77?,78?,79?,82?,83?,84?,131?. The zero-order chi connectivity index (χ0) is 97.0. The second-order valence-electron chi connectivity index (χ2n) is 31.4. The number of amides is 7. The van der Waals surface area contributed by atoms with Crippen molar-refractivity contribution >= 4 is 104 Å². The number of benzene rings is 1. The molecule has 4 aliphatic rings. The number of nitriles is 1. The summed E-state index contributed by atoms with van der Waals surface area (Å²) in [6, 6.07) is 4.05. The van der Waals surface area contributed by atoms with Crippen LogP contribution in [0.3, 0.4) is 0 Å². The van der Waals surface area contributed by atoms with Crippen LogP contribution < -0.4 is 37.2 Å². The molecule has 4 fully saturated rings. The summed E-state index contributed by atoms with van der Waals surface area (Å²) in [4.78, 5) is 207. The summed E-state index contributed by atoms with van der Waals surface area (Å²) in [5.74, 6) is -11.5. The van der Waals surface area contributed by atoms with Crippen molar-refractivity contribution in [3.05, 3.63) is 35.4 Å². The van der Waals surface area contributed by atoms with E-state index in [0.717, 1.165) is 62.3 Å². The summed E-state index contributed by atoms with van der Waals surface area (Å²) in [5.41, 5.74) is 1.22. The van der Waals surface area contributed by atoms with Gasteiger partial charge < -0.3 is 132 Å². The summed E-state index contributed by atoms with van der Waals surface area (Å²) < 4.78 is 117. The molecule has 0 spiro atoms. The van der Waals surface area contributed by atoms with Crippen LogP contribution in [0.4, 0.5) is 0 Å². The SMILES string of the molecule is CC(=O)NC1C(OCCOCCNC(=O)CN(CC(=O)NCCOCCOC2OC(COC(C)=O)C(OC(C)=O)C(OC(C)=O)C2NC(C)=O)C(Cc2ccc(CNC(=O)[C@H]3CC[C@H](OP(OCCC#N)N(C(C)C)C(C)C)CC3)cc2)C(=O)NCCOCCOC2OC(COC(C)=O)C(OC(C)=O)C(OC(C)=O)C2NC(C)=O)OC(COC(C)=O)C(OC(C)=O)C1OC(C)=O. The topological polar surface area (TPSA) is 572 Å². The summed E-state index contributed by atoms with van der Waals surface area (Å²) in [7, 11) is -1.49. The first-order valence-corrected chi connectivity index (χ1v) is 44.2. The third kappa shape index (κ3) is 41.4. The maximum Gasteiger partial charge on any atom is 0.303 e. The van der Waals surface area contributed by atoms with Crippen LogP contribution in [0.25, 0.3) is 0 Å². The molecule has 0 radical (unpaired) electrons. The molecule has 47 heteroatoms. The minimum absolute atomic E-state index is 0.101. The molecule has 0 aromatic heterocycles. The van der Waals surface area contributed by atoms with Crippen molar-refractivity contribution in [2.45, 2.75) is 272 Å². The predicted octanol–water partition coefficient (Wildman–Crippen LogP) is -0.216. The molecule has 1 saturated carbocycles. The molecule has 3 heterocycles. The third-order valence-electron chi connectivity index (χ3n) is 19.7. The van der Waals surface area contributed by atoms with Gasteiger partial charge in [-0.2, -0.15) is 5.26 Å². The molecule has 7 amide bonds. The molecular weight excluding hydrogens is 1760 g/mol. The van der Waals surface area contributed by atoms with Gasteiger partial charge in [-0.1, -0.05) is 24.3 Å². The minimum Gasteiger partial charge on any atom is -0.463 e. The van der Waals surface area contributed by atoms with Gasteiger partial charge in [-0.3, -0.25) is 81.6 Å². The lowest BCUT2D eigenvalue weighted by Gasteiger charge is -2.44. The number of esters is 9. The first-order valence-electron chi connectivity index (χ1n) is 43.1. The van der Waals surface area contributed by atoms with E-state index in [1.807, 2.05) is 0 Å². The van der Waals surface area contributed by atoms with Crippen molar-refractivity contribution in [1.82, 2.24) is 46.8 Å². The fraction of sp³-hybridized carbons (Fsp3) is 0.726. The normalized spacial score (nSPS) is 23.9. The van der Waals surface area contributed by atoms with Crippen LogP contribution in [0, 0.1) is 17.2 Å². The molecule has 131 heavy (non-hydrogen) atoms. The minimum atomic E-state index is -1.49. The average Bonchev–Trinajstić information content (AvgIpc) is 0.787. The van der Waals surface area contributed by atoms with E-state index in [4.69, 9.17) is 94.3 Å². The number of nitrogens with zero attached hydrogens (tertiary/aromatic N) is 3. The molecule has 0 bridgehead atoms. The van der Waals surface area contributed by atoms with Gasteiger partial charge >= 0.3 is 53.7 Å². The van der Waals surface area contributed by atoms with Crippen LogP contribution in [0.1, 0.15) is 154 Å². The quantitative estimate of drug-likeness (QED) is 0.0192. The van der Waals surface area contributed by atoms with Gasteiger partial charge in [0.15, 0.2) is 55.5 Å². The van der Waals surface area contributed by atoms with Gasteiger partial charge in [0.25, 0.3) is 8.53 Å². The van der Waals surface area contributed by atoms with Crippen LogP contribution in [0.15, 0.2) is 24.3 Å². The first-order chi connectivity index (χ1) is 62.1. The summed E-state index contributed by atoms with van der Waals surface area (Å²) in [6.45, 7) is 16.8. The summed E-state index contributed by atoms with van der Waals surface area (Å²) >= 11 is 0. The highest BCUT2D eigenvalue weighted by Crippen LogP contribution is 2.49. The molecule has 46 nitrogen and oxygen atoms in total. The smallest absolute Gasteiger partial charge is 0.303 e. The number of carbonyl (C=O) groups is 16. The van der Waals surface area contributed by atoms with Gasteiger partial charge in [0.2, 0.25) is 41.4 Å². The van der Waals surface area contributed by atoms with Gasteiger partial charge in [0.05, 0.1) is 104 Å². The summed E-state index contributed by atoms with van der Waals surface area (Å²) in [5, 5.41) is 28.4. The second-order valence-corrected chi connectivity index (χ2v) is 32.8. The molecule has 1 aromatic rings. The number of hydrogen-bond donors (Lipinski definition) is 7. The molecule has 17 atom stereocenters. The molecule has 5 rings (SSSR count). The Bertz CT molecular complexity index is 3800. The van der Waals surface area contributed by atoms with Gasteiger partial charge in [-0.15, -0.1) is 0 Å². The highest BCUT2D eigenvalue weighted by molar-refractivity contribution is 7.44. The average molecular weight is 1890 g/mol. The van der Waals surface area contributed by atoms with Gasteiger partial charge in [0.1, 0.15) is 56.3 Å². The third-order valence-corrected chi connectivity index (χ3v) is 21.9. The van der Waals surface area contributed by atoms with Crippen molar-refractivity contribution in [3.8, 4) is 6.07 Å². The molecule has 1 aliphatic carbocycles. The molecule has 736 valence electrons. The lowest BCUT2D eigenvalue weighted by Crippen LogP contribution is -2.66. The van der Waals surface area contributed by atoms with E-state index in [-0.39, 0.29) is 135 Å². The Morgan fingerprint density at radius 3 is 1.10 bits per heavy atom. The zero-order valence-corrected chi connectivity index (χ0v) is 77.9. The zero-order valence-electron chi connectivity index (χ0n) is 77.0. The van der Waals surface area contributed by atoms with Crippen molar-refractivity contribution in [1.29, 1.82) is 5.26 Å². The van der Waals surface area contributed by atoms with Crippen molar-refractivity contribution < 1.29 is 171 Å². The van der Waals surface area contributed by atoms with Crippen LogP contribution in [0.5, 0.6) is 0 Å². The molecular formula is C84H129N10O36P. The number of carbonyl (C=O) groups excluding carboxylic acids is 16. The Kier molecular flexibility index (Phi) is 50.2. The van der Waals surface area contributed by atoms with E-state index in [1.165, 1.54) is 25.7 Å². The van der Waals surface area contributed by atoms with Gasteiger partial charge in [-0.05, 0) is 70.9 Å². The van der Waals surface area contributed by atoms with Gasteiger partial charge in [0, 0.05) is 127 Å². The Morgan fingerprint density at radius 2 is 0.771 bits per heavy atom. The molecule has 3 aliphatic heterocycles. The molecule has 1 aromatic carbocycles. The Hall–Kier alpha value is -9.86. The second kappa shape index (κ2) is 58.9. The van der Waals surface area contributed by atoms with Crippen LogP contribution in [0.2, 0.25) is 0 Å². The molecule has 17 unspecified atom stereocenters. The highest BCUT2D eigenvalue weighted by atomic mass is 31.2. The summed E-state index contributed by atoms with van der Waals surface area (Å²) in [6.07, 6.45) is -14.3. The number of nitrogens with one attached hydrogen (secondary N) is 7. The van der Waals surface area contributed by atoms with E-state index < -0.39 is 229 Å². The Balaban J connectivity index is 1.40. The number of ether oxygens (including phenoxy) is 18. The van der Waals surface area contributed by atoms with Crippen molar-refractivity contribution in [3.63, 3.8) is 0 Å². The van der Waals surface area contributed by atoms with E-state index in [0.29, 0.717) is 36.8 Å². The fourth-order valence-electron chi connectivity index (χ4n) is 14.5.